The predicted molar refractivity (Wildman–Crippen MR) is 90.2 cm³/mol. The molecule has 1 aromatic heterocycles. The summed E-state index contributed by atoms with van der Waals surface area (Å²) in [6.07, 6.45) is 0.803. The third kappa shape index (κ3) is 2.19. The Morgan fingerprint density at radius 3 is 2.64 bits per heavy atom. The van der Waals surface area contributed by atoms with E-state index in [1.165, 1.54) is 0 Å². The molecular weight excluding hydrogens is 274 g/mol. The van der Waals surface area contributed by atoms with Crippen molar-refractivity contribution in [3.8, 4) is 0 Å². The van der Waals surface area contributed by atoms with Crippen molar-refractivity contribution in [2.75, 3.05) is 12.4 Å². The van der Waals surface area contributed by atoms with E-state index in [0.717, 1.165) is 34.1 Å². The van der Waals surface area contributed by atoms with Crippen LogP contribution in [0.1, 0.15) is 21.6 Å². The molecule has 0 radical (unpaired) electrons. The molecule has 1 heterocycles. The Bertz CT molecular complexity index is 877. The molecule has 3 rings (SSSR count). The SMILES string of the molecule is CNc1ccc(C=O)cc1C(=N)c1cc2ccccc2n1C. The maximum absolute atomic E-state index is 11.0. The second kappa shape index (κ2) is 5.48. The summed E-state index contributed by atoms with van der Waals surface area (Å²) in [5, 5.41) is 12.8. The van der Waals surface area contributed by atoms with Gasteiger partial charge in [0.15, 0.2) is 0 Å². The smallest absolute Gasteiger partial charge is 0.150 e. The molecule has 22 heavy (non-hydrogen) atoms. The van der Waals surface area contributed by atoms with E-state index in [2.05, 4.69) is 5.32 Å². The van der Waals surface area contributed by atoms with Crippen molar-refractivity contribution in [1.82, 2.24) is 4.57 Å². The van der Waals surface area contributed by atoms with E-state index >= 15 is 0 Å². The highest BCUT2D eigenvalue weighted by Crippen LogP contribution is 2.24. The van der Waals surface area contributed by atoms with Gasteiger partial charge in [-0.15, -0.1) is 0 Å². The van der Waals surface area contributed by atoms with E-state index in [1.54, 1.807) is 12.1 Å². The Balaban J connectivity index is 2.17. The van der Waals surface area contributed by atoms with Crippen LogP contribution in [0.15, 0.2) is 48.5 Å². The number of fused-ring (bicyclic) bond motifs is 1. The molecule has 0 aliphatic rings. The van der Waals surface area contributed by atoms with Crippen molar-refractivity contribution in [2.45, 2.75) is 0 Å². The molecule has 0 spiro atoms. The highest BCUT2D eigenvalue weighted by atomic mass is 16.1. The number of carbonyl (C=O) groups excluding carboxylic acids is 1. The van der Waals surface area contributed by atoms with Crippen molar-refractivity contribution in [2.24, 2.45) is 7.05 Å². The van der Waals surface area contributed by atoms with Crippen molar-refractivity contribution in [3.63, 3.8) is 0 Å². The Morgan fingerprint density at radius 2 is 1.95 bits per heavy atom. The van der Waals surface area contributed by atoms with Crippen LogP contribution >= 0.6 is 0 Å². The lowest BCUT2D eigenvalue weighted by atomic mass is 10.0. The summed E-state index contributed by atoms with van der Waals surface area (Å²) >= 11 is 0. The van der Waals surface area contributed by atoms with Gasteiger partial charge in [0.1, 0.15) is 6.29 Å². The molecule has 3 aromatic rings. The van der Waals surface area contributed by atoms with Gasteiger partial charge < -0.3 is 9.88 Å². The first-order valence-electron chi connectivity index (χ1n) is 7.06. The van der Waals surface area contributed by atoms with Gasteiger partial charge in [-0.2, -0.15) is 0 Å². The van der Waals surface area contributed by atoms with E-state index in [4.69, 9.17) is 5.41 Å². The van der Waals surface area contributed by atoms with Gasteiger partial charge in [-0.05, 0) is 30.3 Å². The Morgan fingerprint density at radius 1 is 1.18 bits per heavy atom. The minimum Gasteiger partial charge on any atom is -0.388 e. The zero-order valence-corrected chi connectivity index (χ0v) is 12.6. The van der Waals surface area contributed by atoms with Crippen molar-refractivity contribution in [3.05, 3.63) is 65.4 Å². The minimum absolute atomic E-state index is 0.395. The number of hydrogen-bond donors (Lipinski definition) is 2. The molecule has 0 saturated carbocycles. The normalized spacial score (nSPS) is 10.6. The summed E-state index contributed by atoms with van der Waals surface area (Å²) in [5.41, 5.74) is 4.42. The fraction of sp³-hybridized carbons (Fsp3) is 0.111. The first kappa shape index (κ1) is 14.1. The van der Waals surface area contributed by atoms with Crippen LogP contribution in [0, 0.1) is 5.41 Å². The standard InChI is InChI=1S/C18H17N3O/c1-20-15-8-7-12(11-22)9-14(15)18(19)17-10-13-5-3-4-6-16(13)21(17)2/h3-11,19-20H,1-2H3. The third-order valence-corrected chi connectivity index (χ3v) is 3.93. The summed E-state index contributed by atoms with van der Waals surface area (Å²) in [4.78, 5) is 11.0. The Kier molecular flexibility index (Phi) is 3.51. The summed E-state index contributed by atoms with van der Waals surface area (Å²) in [5.74, 6) is 0. The van der Waals surface area contributed by atoms with E-state index in [1.807, 2.05) is 55.1 Å². The number of carbonyl (C=O) groups is 1. The highest BCUT2D eigenvalue weighted by Gasteiger charge is 2.15. The molecule has 110 valence electrons. The maximum Gasteiger partial charge on any atom is 0.150 e. The molecule has 0 unspecified atom stereocenters. The summed E-state index contributed by atoms with van der Waals surface area (Å²) in [6, 6.07) is 15.4. The largest absolute Gasteiger partial charge is 0.388 e. The van der Waals surface area contributed by atoms with Gasteiger partial charge in [-0.1, -0.05) is 18.2 Å². The van der Waals surface area contributed by atoms with Gasteiger partial charge in [0, 0.05) is 41.8 Å². The highest BCUT2D eigenvalue weighted by molar-refractivity contribution is 6.15. The zero-order chi connectivity index (χ0) is 15.7. The van der Waals surface area contributed by atoms with Crippen LogP contribution in [0.2, 0.25) is 0 Å². The molecule has 4 heteroatoms. The summed E-state index contributed by atoms with van der Waals surface area (Å²) < 4.78 is 2.00. The van der Waals surface area contributed by atoms with E-state index < -0.39 is 0 Å². The predicted octanol–water partition coefficient (Wildman–Crippen LogP) is 3.45. The first-order valence-corrected chi connectivity index (χ1v) is 7.06. The average molecular weight is 291 g/mol. The van der Waals surface area contributed by atoms with Crippen LogP contribution in [-0.2, 0) is 7.05 Å². The van der Waals surface area contributed by atoms with Crippen LogP contribution in [0.3, 0.4) is 0 Å². The number of aryl methyl sites for hydroxylation is 1. The number of nitrogens with one attached hydrogen (secondary N) is 2. The van der Waals surface area contributed by atoms with Crippen LogP contribution in [0.5, 0.6) is 0 Å². The molecule has 0 atom stereocenters. The number of rotatable bonds is 4. The molecule has 0 saturated heterocycles. The van der Waals surface area contributed by atoms with Crippen molar-refractivity contribution < 1.29 is 4.79 Å². The van der Waals surface area contributed by atoms with Gasteiger partial charge in [0.2, 0.25) is 0 Å². The fourth-order valence-electron chi connectivity index (χ4n) is 2.73. The van der Waals surface area contributed by atoms with Gasteiger partial charge in [0.05, 0.1) is 11.4 Å². The minimum atomic E-state index is 0.395. The van der Waals surface area contributed by atoms with E-state index in [0.29, 0.717) is 11.3 Å². The van der Waals surface area contributed by atoms with Gasteiger partial charge in [0.25, 0.3) is 0 Å². The van der Waals surface area contributed by atoms with Crippen molar-refractivity contribution >= 4 is 28.6 Å². The monoisotopic (exact) mass is 291 g/mol. The molecule has 0 fully saturated rings. The van der Waals surface area contributed by atoms with E-state index in [-0.39, 0.29) is 0 Å². The molecule has 0 aliphatic heterocycles. The third-order valence-electron chi connectivity index (χ3n) is 3.93. The number of para-hydroxylation sites is 1. The Labute approximate surface area is 128 Å². The molecule has 0 amide bonds. The average Bonchev–Trinajstić information content (AvgIpc) is 2.91. The maximum atomic E-state index is 11.0. The lowest BCUT2D eigenvalue weighted by molar-refractivity contribution is 0.112. The number of nitrogens with zero attached hydrogens (tertiary/aromatic N) is 1. The van der Waals surface area contributed by atoms with Crippen LogP contribution < -0.4 is 5.32 Å². The van der Waals surface area contributed by atoms with Crippen LogP contribution in [-0.4, -0.2) is 23.6 Å². The van der Waals surface area contributed by atoms with Crippen molar-refractivity contribution in [1.29, 1.82) is 5.41 Å². The Hall–Kier alpha value is -2.88. The second-order valence-corrected chi connectivity index (χ2v) is 5.20. The van der Waals surface area contributed by atoms with Crippen LogP contribution in [0.4, 0.5) is 5.69 Å². The zero-order valence-electron chi connectivity index (χ0n) is 12.6. The molecule has 4 nitrogen and oxygen atoms in total. The molecule has 0 aliphatic carbocycles. The first-order chi connectivity index (χ1) is 10.7. The summed E-state index contributed by atoms with van der Waals surface area (Å²) in [7, 11) is 3.77. The summed E-state index contributed by atoms with van der Waals surface area (Å²) in [6.45, 7) is 0. The lowest BCUT2D eigenvalue weighted by Gasteiger charge is -2.12. The molecular formula is C18H17N3O. The topological polar surface area (TPSA) is 57.9 Å². The lowest BCUT2D eigenvalue weighted by Crippen LogP contribution is -2.10. The number of anilines is 1. The number of benzene rings is 2. The quantitative estimate of drug-likeness (QED) is 0.571. The molecule has 2 aromatic carbocycles. The molecule has 2 N–H and O–H groups in total. The second-order valence-electron chi connectivity index (χ2n) is 5.20. The number of hydrogen-bond acceptors (Lipinski definition) is 3. The van der Waals surface area contributed by atoms with Crippen LogP contribution in [0.25, 0.3) is 10.9 Å². The van der Waals surface area contributed by atoms with E-state index in [9.17, 15) is 4.79 Å². The fourth-order valence-corrected chi connectivity index (χ4v) is 2.73. The van der Waals surface area contributed by atoms with Gasteiger partial charge in [-0.3, -0.25) is 10.2 Å². The number of aldehydes is 1. The number of aromatic nitrogens is 1. The van der Waals surface area contributed by atoms with Gasteiger partial charge >= 0.3 is 0 Å². The van der Waals surface area contributed by atoms with Gasteiger partial charge in [-0.25, -0.2) is 0 Å². The molecule has 0 bridgehead atoms.